The molecular weight excluding hydrogens is 262 g/mol. The van der Waals surface area contributed by atoms with Crippen LogP contribution >= 0.6 is 0 Å². The lowest BCUT2D eigenvalue weighted by molar-refractivity contribution is -0.137. The minimum Gasteiger partial charge on any atom is -0.490 e. The smallest absolute Gasteiger partial charge is 0.305 e. The van der Waals surface area contributed by atoms with Crippen LogP contribution in [0.15, 0.2) is 24.3 Å². The predicted octanol–water partition coefficient (Wildman–Crippen LogP) is 1.44. The van der Waals surface area contributed by atoms with E-state index in [0.29, 0.717) is 18.1 Å². The van der Waals surface area contributed by atoms with E-state index in [4.69, 9.17) is 14.6 Å². The van der Waals surface area contributed by atoms with Crippen LogP contribution in [0.3, 0.4) is 0 Å². The van der Waals surface area contributed by atoms with Gasteiger partial charge in [-0.15, -0.1) is 0 Å². The second kappa shape index (κ2) is 8.04. The third-order valence-corrected chi connectivity index (χ3v) is 2.40. The summed E-state index contributed by atoms with van der Waals surface area (Å²) in [6.07, 6.45) is -0.124. The van der Waals surface area contributed by atoms with Crippen LogP contribution in [-0.4, -0.2) is 36.2 Å². The number of hydrogen-bond donors (Lipinski definition) is 2. The summed E-state index contributed by atoms with van der Waals surface area (Å²) in [6, 6.07) is 6.61. The summed E-state index contributed by atoms with van der Waals surface area (Å²) in [5, 5.41) is 11.1. The van der Waals surface area contributed by atoms with Crippen molar-refractivity contribution in [2.45, 2.75) is 26.3 Å². The summed E-state index contributed by atoms with van der Waals surface area (Å²) in [5.74, 6) is -0.276. The molecule has 110 valence electrons. The van der Waals surface area contributed by atoms with Crippen LogP contribution in [-0.2, 0) is 9.59 Å². The standard InChI is InChI=1S/C14H19NO5/c1-3-19-11-6-4-5-7-12(11)20-9-13(16)15-10(2)8-14(17)18/h4-7,10H,3,8-9H2,1-2H3,(H,15,16)(H,17,18). The van der Waals surface area contributed by atoms with E-state index in [1.54, 1.807) is 25.1 Å². The number of carboxylic acid groups (broad SMARTS) is 1. The first kappa shape index (κ1) is 15.8. The number of para-hydroxylation sites is 2. The molecule has 0 heterocycles. The number of carbonyl (C=O) groups excluding carboxylic acids is 1. The van der Waals surface area contributed by atoms with E-state index in [2.05, 4.69) is 5.32 Å². The Hall–Kier alpha value is -2.24. The van der Waals surface area contributed by atoms with E-state index in [1.165, 1.54) is 0 Å². The molecule has 6 nitrogen and oxygen atoms in total. The molecule has 6 heteroatoms. The highest BCUT2D eigenvalue weighted by molar-refractivity contribution is 5.78. The normalized spacial score (nSPS) is 11.5. The molecule has 0 aromatic heterocycles. The number of amides is 1. The van der Waals surface area contributed by atoms with Gasteiger partial charge >= 0.3 is 5.97 Å². The quantitative estimate of drug-likeness (QED) is 0.753. The molecule has 0 aliphatic heterocycles. The van der Waals surface area contributed by atoms with E-state index in [-0.39, 0.29) is 18.9 Å². The molecular formula is C14H19NO5. The highest BCUT2D eigenvalue weighted by atomic mass is 16.5. The average molecular weight is 281 g/mol. The zero-order chi connectivity index (χ0) is 15.0. The van der Waals surface area contributed by atoms with Gasteiger partial charge in [0.1, 0.15) is 0 Å². The van der Waals surface area contributed by atoms with Crippen molar-refractivity contribution >= 4 is 11.9 Å². The average Bonchev–Trinajstić information content (AvgIpc) is 2.37. The molecule has 0 fully saturated rings. The number of carboxylic acids is 1. The summed E-state index contributed by atoms with van der Waals surface area (Å²) >= 11 is 0. The maximum Gasteiger partial charge on any atom is 0.305 e. The van der Waals surface area contributed by atoms with Crippen molar-refractivity contribution in [1.29, 1.82) is 0 Å². The highest BCUT2D eigenvalue weighted by Gasteiger charge is 2.12. The van der Waals surface area contributed by atoms with Gasteiger partial charge in [-0.2, -0.15) is 0 Å². The number of ether oxygens (including phenoxy) is 2. The van der Waals surface area contributed by atoms with Crippen molar-refractivity contribution in [2.75, 3.05) is 13.2 Å². The molecule has 1 rings (SSSR count). The van der Waals surface area contributed by atoms with Crippen molar-refractivity contribution in [3.63, 3.8) is 0 Å². The van der Waals surface area contributed by atoms with Gasteiger partial charge in [-0.3, -0.25) is 9.59 Å². The molecule has 1 amide bonds. The van der Waals surface area contributed by atoms with Crippen molar-refractivity contribution in [1.82, 2.24) is 5.32 Å². The van der Waals surface area contributed by atoms with Crippen LogP contribution in [0.4, 0.5) is 0 Å². The van der Waals surface area contributed by atoms with Crippen LogP contribution in [0.1, 0.15) is 20.3 Å². The van der Waals surface area contributed by atoms with E-state index >= 15 is 0 Å². The van der Waals surface area contributed by atoms with Crippen LogP contribution in [0.2, 0.25) is 0 Å². The van der Waals surface area contributed by atoms with E-state index in [1.807, 2.05) is 13.0 Å². The SMILES string of the molecule is CCOc1ccccc1OCC(=O)NC(C)CC(=O)O. The number of hydrogen-bond acceptors (Lipinski definition) is 4. The third kappa shape index (κ3) is 5.60. The first-order valence-corrected chi connectivity index (χ1v) is 6.38. The third-order valence-electron chi connectivity index (χ3n) is 2.40. The number of rotatable bonds is 8. The Balaban J connectivity index is 2.46. The van der Waals surface area contributed by atoms with Gasteiger partial charge < -0.3 is 19.9 Å². The van der Waals surface area contributed by atoms with Gasteiger partial charge in [0.05, 0.1) is 13.0 Å². The predicted molar refractivity (Wildman–Crippen MR) is 73.0 cm³/mol. The van der Waals surface area contributed by atoms with Gasteiger partial charge in [0.25, 0.3) is 5.91 Å². The van der Waals surface area contributed by atoms with Crippen LogP contribution < -0.4 is 14.8 Å². The Morgan fingerprint density at radius 2 is 1.85 bits per heavy atom. The Bertz CT molecular complexity index is 461. The highest BCUT2D eigenvalue weighted by Crippen LogP contribution is 2.26. The Kier molecular flexibility index (Phi) is 6.36. The Morgan fingerprint density at radius 3 is 2.40 bits per heavy atom. The van der Waals surface area contributed by atoms with E-state index < -0.39 is 12.0 Å². The van der Waals surface area contributed by atoms with Crippen molar-refractivity contribution in [3.8, 4) is 11.5 Å². The largest absolute Gasteiger partial charge is 0.490 e. The van der Waals surface area contributed by atoms with Crippen molar-refractivity contribution in [2.24, 2.45) is 0 Å². The summed E-state index contributed by atoms with van der Waals surface area (Å²) in [4.78, 5) is 22.1. The van der Waals surface area contributed by atoms with E-state index in [0.717, 1.165) is 0 Å². The Morgan fingerprint density at radius 1 is 1.25 bits per heavy atom. The minimum atomic E-state index is -0.958. The maximum atomic E-state index is 11.6. The molecule has 0 aliphatic rings. The molecule has 1 aromatic rings. The zero-order valence-corrected chi connectivity index (χ0v) is 11.6. The zero-order valence-electron chi connectivity index (χ0n) is 11.6. The topological polar surface area (TPSA) is 84.9 Å². The number of nitrogens with one attached hydrogen (secondary N) is 1. The first-order valence-electron chi connectivity index (χ1n) is 6.38. The van der Waals surface area contributed by atoms with Gasteiger partial charge in [-0.1, -0.05) is 12.1 Å². The van der Waals surface area contributed by atoms with Gasteiger partial charge in [-0.25, -0.2) is 0 Å². The minimum absolute atomic E-state index is 0.124. The van der Waals surface area contributed by atoms with Gasteiger partial charge in [0, 0.05) is 6.04 Å². The van der Waals surface area contributed by atoms with E-state index in [9.17, 15) is 9.59 Å². The molecule has 1 aromatic carbocycles. The maximum absolute atomic E-state index is 11.6. The second-order valence-corrected chi connectivity index (χ2v) is 4.23. The first-order chi connectivity index (χ1) is 9.52. The summed E-state index contributed by atoms with van der Waals surface area (Å²) in [6.45, 7) is 3.80. The fourth-order valence-electron chi connectivity index (χ4n) is 1.62. The van der Waals surface area contributed by atoms with Gasteiger partial charge in [0.2, 0.25) is 0 Å². The summed E-state index contributed by atoms with van der Waals surface area (Å²) < 4.78 is 10.7. The molecule has 0 saturated carbocycles. The lowest BCUT2D eigenvalue weighted by atomic mass is 10.2. The molecule has 1 unspecified atom stereocenters. The Labute approximate surface area is 117 Å². The summed E-state index contributed by atoms with van der Waals surface area (Å²) in [5.41, 5.74) is 0. The van der Waals surface area contributed by atoms with Crippen LogP contribution in [0.5, 0.6) is 11.5 Å². The molecule has 20 heavy (non-hydrogen) atoms. The molecule has 2 N–H and O–H groups in total. The lowest BCUT2D eigenvalue weighted by Crippen LogP contribution is -2.37. The van der Waals surface area contributed by atoms with Gasteiger partial charge in [-0.05, 0) is 26.0 Å². The van der Waals surface area contributed by atoms with Crippen LogP contribution in [0, 0.1) is 0 Å². The number of carbonyl (C=O) groups is 2. The fourth-order valence-corrected chi connectivity index (χ4v) is 1.62. The molecule has 0 bridgehead atoms. The molecule has 1 atom stereocenters. The second-order valence-electron chi connectivity index (χ2n) is 4.23. The number of aliphatic carboxylic acids is 1. The summed E-state index contributed by atoms with van der Waals surface area (Å²) in [7, 11) is 0. The lowest BCUT2D eigenvalue weighted by Gasteiger charge is -2.14. The molecule has 0 spiro atoms. The van der Waals surface area contributed by atoms with Crippen molar-refractivity contribution in [3.05, 3.63) is 24.3 Å². The molecule has 0 saturated heterocycles. The number of benzene rings is 1. The molecule has 0 aliphatic carbocycles. The van der Waals surface area contributed by atoms with Gasteiger partial charge in [0.15, 0.2) is 18.1 Å². The fraction of sp³-hybridized carbons (Fsp3) is 0.429. The molecule has 0 radical (unpaired) electrons. The monoisotopic (exact) mass is 281 g/mol. The van der Waals surface area contributed by atoms with Crippen molar-refractivity contribution < 1.29 is 24.2 Å². The van der Waals surface area contributed by atoms with Crippen LogP contribution in [0.25, 0.3) is 0 Å².